The first-order valence-corrected chi connectivity index (χ1v) is 6.68. The van der Waals surface area contributed by atoms with E-state index in [0.717, 1.165) is 29.8 Å². The molecule has 1 aromatic carbocycles. The molecule has 0 saturated carbocycles. The molecule has 0 radical (unpaired) electrons. The molecule has 100 valence electrons. The lowest BCUT2D eigenvalue weighted by molar-refractivity contribution is 0.315. The summed E-state index contributed by atoms with van der Waals surface area (Å²) in [4.78, 5) is 4.28. The van der Waals surface area contributed by atoms with Crippen LogP contribution in [0.5, 0.6) is 5.75 Å². The largest absolute Gasteiger partial charge is 0.493 e. The van der Waals surface area contributed by atoms with Crippen molar-refractivity contribution in [3.05, 3.63) is 59.9 Å². The minimum Gasteiger partial charge on any atom is -0.493 e. The summed E-state index contributed by atoms with van der Waals surface area (Å²) in [6.45, 7) is 2.69. The van der Waals surface area contributed by atoms with E-state index in [0.29, 0.717) is 6.61 Å². The van der Waals surface area contributed by atoms with Gasteiger partial charge in [-0.25, -0.2) is 0 Å². The molecule has 0 amide bonds. The molecule has 2 aromatic rings. The Morgan fingerprint density at radius 1 is 1.16 bits per heavy atom. The number of benzene rings is 1. The molecule has 3 heteroatoms. The van der Waals surface area contributed by atoms with Crippen LogP contribution >= 0.6 is 0 Å². The summed E-state index contributed by atoms with van der Waals surface area (Å²) in [5.74, 6) is 0.882. The molecule has 2 N–H and O–H groups in total. The molecule has 0 bridgehead atoms. The topological polar surface area (TPSA) is 48.1 Å². The maximum absolute atomic E-state index is 6.09. The van der Waals surface area contributed by atoms with E-state index in [1.54, 1.807) is 6.20 Å². The lowest BCUT2D eigenvalue weighted by Gasteiger charge is -2.15. The zero-order chi connectivity index (χ0) is 13.5. The first kappa shape index (κ1) is 13.6. The molecule has 0 spiro atoms. The van der Waals surface area contributed by atoms with Gasteiger partial charge in [-0.1, -0.05) is 31.2 Å². The summed E-state index contributed by atoms with van der Waals surface area (Å²) >= 11 is 0. The standard InChI is InChI=1S/C16H20N2O/c1-2-15(17)14-8-3-4-9-16(14)19-12-10-13-7-5-6-11-18-13/h3-9,11,15H,2,10,12,17H2,1H3. The lowest BCUT2D eigenvalue weighted by Crippen LogP contribution is -2.12. The fourth-order valence-corrected chi connectivity index (χ4v) is 1.95. The van der Waals surface area contributed by atoms with Crippen LogP contribution in [0.3, 0.4) is 0 Å². The molecule has 1 heterocycles. The van der Waals surface area contributed by atoms with Gasteiger partial charge < -0.3 is 10.5 Å². The molecule has 1 unspecified atom stereocenters. The van der Waals surface area contributed by atoms with Gasteiger partial charge in [0, 0.05) is 29.9 Å². The number of hydrogen-bond acceptors (Lipinski definition) is 3. The number of ether oxygens (including phenoxy) is 1. The Hall–Kier alpha value is -1.87. The van der Waals surface area contributed by atoms with Gasteiger partial charge in [0.25, 0.3) is 0 Å². The maximum atomic E-state index is 6.09. The smallest absolute Gasteiger partial charge is 0.124 e. The maximum Gasteiger partial charge on any atom is 0.124 e. The van der Waals surface area contributed by atoms with Crippen molar-refractivity contribution in [3.63, 3.8) is 0 Å². The SMILES string of the molecule is CCC(N)c1ccccc1OCCc1ccccn1. The first-order chi connectivity index (χ1) is 9.31. The summed E-state index contributed by atoms with van der Waals surface area (Å²) < 4.78 is 5.84. The fraction of sp³-hybridized carbons (Fsp3) is 0.312. The van der Waals surface area contributed by atoms with Crippen molar-refractivity contribution in [3.8, 4) is 5.75 Å². The predicted molar refractivity (Wildman–Crippen MR) is 77.1 cm³/mol. The van der Waals surface area contributed by atoms with E-state index in [9.17, 15) is 0 Å². The molecule has 0 saturated heterocycles. The quantitative estimate of drug-likeness (QED) is 0.864. The molecule has 0 aliphatic rings. The molecule has 3 nitrogen and oxygen atoms in total. The Labute approximate surface area is 114 Å². The minimum atomic E-state index is 0.0334. The Morgan fingerprint density at radius 3 is 2.68 bits per heavy atom. The first-order valence-electron chi connectivity index (χ1n) is 6.68. The van der Waals surface area contributed by atoms with Crippen LogP contribution in [0.15, 0.2) is 48.7 Å². The van der Waals surface area contributed by atoms with Gasteiger partial charge >= 0.3 is 0 Å². The molecule has 19 heavy (non-hydrogen) atoms. The zero-order valence-corrected chi connectivity index (χ0v) is 11.3. The number of pyridine rings is 1. The monoisotopic (exact) mass is 256 g/mol. The van der Waals surface area contributed by atoms with Gasteiger partial charge in [-0.15, -0.1) is 0 Å². The van der Waals surface area contributed by atoms with Gasteiger partial charge in [0.1, 0.15) is 5.75 Å². The third kappa shape index (κ3) is 3.80. The van der Waals surface area contributed by atoms with E-state index in [-0.39, 0.29) is 6.04 Å². The van der Waals surface area contributed by atoms with E-state index in [1.165, 1.54) is 0 Å². The van der Waals surface area contributed by atoms with Gasteiger partial charge in [0.2, 0.25) is 0 Å². The Balaban J connectivity index is 1.96. The van der Waals surface area contributed by atoms with Gasteiger partial charge in [0.15, 0.2) is 0 Å². The molecular weight excluding hydrogens is 236 g/mol. The number of rotatable bonds is 6. The highest BCUT2D eigenvalue weighted by molar-refractivity contribution is 5.35. The van der Waals surface area contributed by atoms with Gasteiger partial charge in [0.05, 0.1) is 6.61 Å². The van der Waals surface area contributed by atoms with Gasteiger partial charge in [-0.2, -0.15) is 0 Å². The highest BCUT2D eigenvalue weighted by atomic mass is 16.5. The predicted octanol–water partition coefficient (Wildman–Crippen LogP) is 3.11. The fourth-order valence-electron chi connectivity index (χ4n) is 1.95. The van der Waals surface area contributed by atoms with Crippen LogP contribution in [0.2, 0.25) is 0 Å². The third-order valence-electron chi connectivity index (χ3n) is 3.10. The van der Waals surface area contributed by atoms with Crippen LogP contribution < -0.4 is 10.5 Å². The average Bonchev–Trinajstić information content (AvgIpc) is 2.48. The van der Waals surface area contributed by atoms with Crippen LogP contribution in [0, 0.1) is 0 Å². The van der Waals surface area contributed by atoms with Crippen molar-refractivity contribution in [1.82, 2.24) is 4.98 Å². The number of para-hydroxylation sites is 1. The molecule has 1 aromatic heterocycles. The van der Waals surface area contributed by atoms with Crippen molar-refractivity contribution in [2.75, 3.05) is 6.61 Å². The minimum absolute atomic E-state index is 0.0334. The number of nitrogens with zero attached hydrogens (tertiary/aromatic N) is 1. The summed E-state index contributed by atoms with van der Waals surface area (Å²) in [5.41, 5.74) is 8.20. The van der Waals surface area contributed by atoms with Crippen molar-refractivity contribution < 1.29 is 4.74 Å². The second-order valence-electron chi connectivity index (χ2n) is 4.47. The zero-order valence-electron chi connectivity index (χ0n) is 11.3. The van der Waals surface area contributed by atoms with Crippen LogP contribution in [-0.4, -0.2) is 11.6 Å². The molecule has 2 rings (SSSR count). The normalized spacial score (nSPS) is 12.1. The molecular formula is C16H20N2O. The van der Waals surface area contributed by atoms with Crippen molar-refractivity contribution in [2.24, 2.45) is 5.73 Å². The van der Waals surface area contributed by atoms with E-state index in [4.69, 9.17) is 10.5 Å². The second kappa shape index (κ2) is 6.90. The van der Waals surface area contributed by atoms with Crippen molar-refractivity contribution in [2.45, 2.75) is 25.8 Å². The van der Waals surface area contributed by atoms with E-state index in [2.05, 4.69) is 11.9 Å². The average molecular weight is 256 g/mol. The number of nitrogens with two attached hydrogens (primary N) is 1. The molecule has 1 atom stereocenters. The van der Waals surface area contributed by atoms with Crippen LogP contribution in [0.25, 0.3) is 0 Å². The molecule has 0 fully saturated rings. The van der Waals surface area contributed by atoms with Crippen molar-refractivity contribution >= 4 is 0 Å². The van der Waals surface area contributed by atoms with E-state index >= 15 is 0 Å². The van der Waals surface area contributed by atoms with Crippen molar-refractivity contribution in [1.29, 1.82) is 0 Å². The summed E-state index contributed by atoms with van der Waals surface area (Å²) in [6.07, 6.45) is 3.51. The molecule has 0 aliphatic heterocycles. The summed E-state index contributed by atoms with van der Waals surface area (Å²) in [5, 5.41) is 0. The van der Waals surface area contributed by atoms with Crippen LogP contribution in [0.4, 0.5) is 0 Å². The Bertz CT molecular complexity index is 499. The molecule has 0 aliphatic carbocycles. The van der Waals surface area contributed by atoms with Gasteiger partial charge in [-0.3, -0.25) is 4.98 Å². The summed E-state index contributed by atoms with van der Waals surface area (Å²) in [7, 11) is 0. The highest BCUT2D eigenvalue weighted by Crippen LogP contribution is 2.25. The highest BCUT2D eigenvalue weighted by Gasteiger charge is 2.09. The van der Waals surface area contributed by atoms with Crippen LogP contribution in [0.1, 0.15) is 30.6 Å². The summed E-state index contributed by atoms with van der Waals surface area (Å²) in [6, 6.07) is 13.9. The van der Waals surface area contributed by atoms with E-state index < -0.39 is 0 Å². The third-order valence-corrected chi connectivity index (χ3v) is 3.10. The Morgan fingerprint density at radius 2 is 1.95 bits per heavy atom. The van der Waals surface area contributed by atoms with Crippen LogP contribution in [-0.2, 0) is 6.42 Å². The Kier molecular flexibility index (Phi) is 4.93. The lowest BCUT2D eigenvalue weighted by atomic mass is 10.0. The van der Waals surface area contributed by atoms with Gasteiger partial charge in [-0.05, 0) is 24.6 Å². The van der Waals surface area contributed by atoms with E-state index in [1.807, 2.05) is 42.5 Å². The second-order valence-corrected chi connectivity index (χ2v) is 4.47. The number of hydrogen-bond donors (Lipinski definition) is 1. The number of aromatic nitrogens is 1.